The minimum absolute atomic E-state index is 0.268. The summed E-state index contributed by atoms with van der Waals surface area (Å²) in [5, 5.41) is 3.06. The van der Waals surface area contributed by atoms with Gasteiger partial charge in [-0.05, 0) is 31.0 Å². The van der Waals surface area contributed by atoms with Crippen LogP contribution in [0.1, 0.15) is 18.9 Å². The van der Waals surface area contributed by atoms with Crippen LogP contribution >= 0.6 is 0 Å². The highest BCUT2D eigenvalue weighted by molar-refractivity contribution is 5.61. The van der Waals surface area contributed by atoms with E-state index in [0.29, 0.717) is 5.95 Å². The molecule has 0 saturated heterocycles. The minimum Gasteiger partial charge on any atom is -0.354 e. The van der Waals surface area contributed by atoms with Crippen molar-refractivity contribution >= 4 is 17.5 Å². The Morgan fingerprint density at radius 1 is 1.35 bits per heavy atom. The van der Waals surface area contributed by atoms with Gasteiger partial charge in [0.1, 0.15) is 0 Å². The molecule has 0 aliphatic rings. The number of benzene rings is 1. The van der Waals surface area contributed by atoms with Gasteiger partial charge in [0.05, 0.1) is 6.20 Å². The van der Waals surface area contributed by atoms with Crippen molar-refractivity contribution in [1.82, 2.24) is 9.97 Å². The van der Waals surface area contributed by atoms with Crippen LogP contribution in [0, 0.1) is 12.7 Å². The van der Waals surface area contributed by atoms with Gasteiger partial charge in [-0.2, -0.15) is 4.98 Å². The SMILES string of the molecule is CCCNc1ncc(F)c(N(C)c2cccc(C)c2)n1. The molecule has 0 aliphatic carbocycles. The molecule has 0 atom stereocenters. The van der Waals surface area contributed by atoms with Crippen molar-refractivity contribution in [2.45, 2.75) is 20.3 Å². The van der Waals surface area contributed by atoms with Crippen LogP contribution in [0.2, 0.25) is 0 Å². The second kappa shape index (κ2) is 6.32. The maximum absolute atomic E-state index is 13.9. The summed E-state index contributed by atoms with van der Waals surface area (Å²) in [7, 11) is 1.80. The van der Waals surface area contributed by atoms with Gasteiger partial charge in [-0.15, -0.1) is 0 Å². The van der Waals surface area contributed by atoms with E-state index in [1.165, 1.54) is 6.20 Å². The van der Waals surface area contributed by atoms with Crippen LogP contribution in [0.5, 0.6) is 0 Å². The highest BCUT2D eigenvalue weighted by Crippen LogP contribution is 2.25. The van der Waals surface area contributed by atoms with E-state index in [2.05, 4.69) is 22.2 Å². The smallest absolute Gasteiger partial charge is 0.224 e. The van der Waals surface area contributed by atoms with Crippen LogP contribution in [0.25, 0.3) is 0 Å². The quantitative estimate of drug-likeness (QED) is 0.905. The van der Waals surface area contributed by atoms with Crippen molar-refractivity contribution in [3.63, 3.8) is 0 Å². The van der Waals surface area contributed by atoms with Crippen molar-refractivity contribution in [1.29, 1.82) is 0 Å². The molecule has 0 aliphatic heterocycles. The highest BCUT2D eigenvalue weighted by atomic mass is 19.1. The van der Waals surface area contributed by atoms with Gasteiger partial charge in [0.25, 0.3) is 0 Å². The summed E-state index contributed by atoms with van der Waals surface area (Å²) in [5.74, 6) is 0.281. The lowest BCUT2D eigenvalue weighted by molar-refractivity contribution is 0.614. The summed E-state index contributed by atoms with van der Waals surface area (Å²) < 4.78 is 13.9. The maximum Gasteiger partial charge on any atom is 0.224 e. The summed E-state index contributed by atoms with van der Waals surface area (Å²) in [5.41, 5.74) is 2.01. The Labute approximate surface area is 118 Å². The molecule has 1 N–H and O–H groups in total. The molecule has 0 fully saturated rings. The first-order chi connectivity index (χ1) is 9.61. The van der Waals surface area contributed by atoms with Gasteiger partial charge in [-0.3, -0.25) is 0 Å². The molecule has 0 radical (unpaired) electrons. The predicted octanol–water partition coefficient (Wildman–Crippen LogP) is 3.51. The Kier molecular flexibility index (Phi) is 4.50. The molecule has 1 aromatic heterocycles. The van der Waals surface area contributed by atoms with E-state index in [9.17, 15) is 4.39 Å². The molecule has 106 valence electrons. The van der Waals surface area contributed by atoms with Crippen molar-refractivity contribution in [3.05, 3.63) is 41.8 Å². The van der Waals surface area contributed by atoms with Crippen LogP contribution in [0.3, 0.4) is 0 Å². The number of nitrogens with zero attached hydrogens (tertiary/aromatic N) is 3. The minimum atomic E-state index is -0.434. The number of halogens is 1. The van der Waals surface area contributed by atoms with E-state index in [-0.39, 0.29) is 5.82 Å². The summed E-state index contributed by atoms with van der Waals surface area (Å²) in [6.07, 6.45) is 2.16. The molecule has 4 nitrogen and oxygen atoms in total. The van der Waals surface area contributed by atoms with Crippen molar-refractivity contribution < 1.29 is 4.39 Å². The van der Waals surface area contributed by atoms with Gasteiger partial charge in [0.15, 0.2) is 11.6 Å². The first-order valence-electron chi connectivity index (χ1n) is 6.68. The average molecular weight is 274 g/mol. The fraction of sp³-hybridized carbons (Fsp3) is 0.333. The lowest BCUT2D eigenvalue weighted by Gasteiger charge is -2.19. The Balaban J connectivity index is 2.30. The number of hydrogen-bond donors (Lipinski definition) is 1. The molecule has 2 aromatic rings. The Morgan fingerprint density at radius 2 is 2.15 bits per heavy atom. The largest absolute Gasteiger partial charge is 0.354 e. The Hall–Kier alpha value is -2.17. The van der Waals surface area contributed by atoms with E-state index < -0.39 is 5.82 Å². The van der Waals surface area contributed by atoms with E-state index in [1.807, 2.05) is 31.2 Å². The molecule has 1 aromatic carbocycles. The van der Waals surface area contributed by atoms with Gasteiger partial charge in [-0.25, -0.2) is 9.37 Å². The lowest BCUT2D eigenvalue weighted by atomic mass is 10.2. The summed E-state index contributed by atoms with van der Waals surface area (Å²) in [6.45, 7) is 4.82. The van der Waals surface area contributed by atoms with E-state index in [1.54, 1.807) is 11.9 Å². The van der Waals surface area contributed by atoms with Crippen LogP contribution in [-0.2, 0) is 0 Å². The second-order valence-corrected chi connectivity index (χ2v) is 4.69. The van der Waals surface area contributed by atoms with Gasteiger partial charge in [0.2, 0.25) is 5.95 Å². The molecule has 1 heterocycles. The highest BCUT2D eigenvalue weighted by Gasteiger charge is 2.13. The molecule has 2 rings (SSSR count). The van der Waals surface area contributed by atoms with E-state index in [0.717, 1.165) is 24.2 Å². The zero-order valence-corrected chi connectivity index (χ0v) is 12.0. The molecule has 0 bridgehead atoms. The fourth-order valence-electron chi connectivity index (χ4n) is 1.87. The molecular formula is C15H19FN4. The standard InChI is InChI=1S/C15H19FN4/c1-4-8-17-15-18-10-13(16)14(19-15)20(3)12-7-5-6-11(2)9-12/h5-7,9-10H,4,8H2,1-3H3,(H,17,18,19). The number of anilines is 3. The zero-order valence-electron chi connectivity index (χ0n) is 12.0. The van der Waals surface area contributed by atoms with Crippen molar-refractivity contribution in [2.24, 2.45) is 0 Å². The maximum atomic E-state index is 13.9. The molecule has 20 heavy (non-hydrogen) atoms. The molecular weight excluding hydrogens is 255 g/mol. The molecule has 0 unspecified atom stereocenters. The predicted molar refractivity (Wildman–Crippen MR) is 80.0 cm³/mol. The number of aryl methyl sites for hydroxylation is 1. The third kappa shape index (κ3) is 3.23. The second-order valence-electron chi connectivity index (χ2n) is 4.69. The van der Waals surface area contributed by atoms with Crippen LogP contribution in [0.15, 0.2) is 30.5 Å². The normalized spacial score (nSPS) is 10.4. The summed E-state index contributed by atoms with van der Waals surface area (Å²) in [6, 6.07) is 7.85. The Morgan fingerprint density at radius 3 is 2.85 bits per heavy atom. The first-order valence-corrected chi connectivity index (χ1v) is 6.68. The van der Waals surface area contributed by atoms with Gasteiger partial charge < -0.3 is 10.2 Å². The van der Waals surface area contributed by atoms with Crippen LogP contribution < -0.4 is 10.2 Å². The third-order valence-corrected chi connectivity index (χ3v) is 2.97. The number of hydrogen-bond acceptors (Lipinski definition) is 4. The van der Waals surface area contributed by atoms with Gasteiger partial charge >= 0.3 is 0 Å². The topological polar surface area (TPSA) is 41.1 Å². The monoisotopic (exact) mass is 274 g/mol. The number of rotatable bonds is 5. The van der Waals surface area contributed by atoms with Gasteiger partial charge in [0, 0.05) is 19.3 Å². The molecule has 0 amide bonds. The molecule has 5 heteroatoms. The Bertz CT molecular complexity index is 586. The average Bonchev–Trinajstić information content (AvgIpc) is 2.45. The van der Waals surface area contributed by atoms with Crippen LogP contribution in [-0.4, -0.2) is 23.6 Å². The fourth-order valence-corrected chi connectivity index (χ4v) is 1.87. The van der Waals surface area contributed by atoms with Gasteiger partial charge in [-0.1, -0.05) is 19.1 Å². The zero-order chi connectivity index (χ0) is 14.5. The van der Waals surface area contributed by atoms with E-state index >= 15 is 0 Å². The summed E-state index contributed by atoms with van der Waals surface area (Å²) >= 11 is 0. The van der Waals surface area contributed by atoms with Crippen LogP contribution in [0.4, 0.5) is 21.8 Å². The number of nitrogens with one attached hydrogen (secondary N) is 1. The van der Waals surface area contributed by atoms with E-state index in [4.69, 9.17) is 0 Å². The third-order valence-electron chi connectivity index (χ3n) is 2.97. The van der Waals surface area contributed by atoms with Crippen molar-refractivity contribution in [2.75, 3.05) is 23.8 Å². The van der Waals surface area contributed by atoms with Crippen molar-refractivity contribution in [3.8, 4) is 0 Å². The summed E-state index contributed by atoms with van der Waals surface area (Å²) in [4.78, 5) is 9.91. The molecule has 0 spiro atoms. The molecule has 0 saturated carbocycles. The first kappa shape index (κ1) is 14.2. The lowest BCUT2D eigenvalue weighted by Crippen LogP contribution is -2.15. The number of aromatic nitrogens is 2.